The summed E-state index contributed by atoms with van der Waals surface area (Å²) in [7, 11) is 0. The molecule has 0 aromatic rings. The van der Waals surface area contributed by atoms with Crippen LogP contribution in [-0.4, -0.2) is 23.4 Å². The molecular formula is C15H30O2. The zero-order valence-corrected chi connectivity index (χ0v) is 12.0. The van der Waals surface area contributed by atoms with Crippen molar-refractivity contribution in [1.82, 2.24) is 0 Å². The Hall–Kier alpha value is -0.340. The number of ether oxygens (including phenoxy) is 1. The van der Waals surface area contributed by atoms with Crippen LogP contribution in [0.15, 0.2) is 12.7 Å². The Morgan fingerprint density at radius 2 is 2.00 bits per heavy atom. The van der Waals surface area contributed by atoms with Gasteiger partial charge in [-0.3, -0.25) is 0 Å². The smallest absolute Gasteiger partial charge is 0.0743 e. The highest BCUT2D eigenvalue weighted by atomic mass is 16.5. The Morgan fingerprint density at radius 3 is 2.53 bits per heavy atom. The topological polar surface area (TPSA) is 29.5 Å². The molecule has 2 heteroatoms. The summed E-state index contributed by atoms with van der Waals surface area (Å²) >= 11 is 0. The molecule has 2 nitrogen and oxygen atoms in total. The standard InChI is InChI=1S/C15H30O2/c1-6-8-12-17-15(4,5)11-9-10-13(3)14(16)7-2/h7,13-14,16H,2,6,8-12H2,1,3-5H3. The number of hydrogen-bond acceptors (Lipinski definition) is 2. The molecule has 0 aliphatic heterocycles. The maximum atomic E-state index is 9.58. The minimum atomic E-state index is -0.376. The number of hydrogen-bond donors (Lipinski definition) is 1. The quantitative estimate of drug-likeness (QED) is 0.464. The largest absolute Gasteiger partial charge is 0.389 e. The second-order valence-electron chi connectivity index (χ2n) is 5.56. The van der Waals surface area contributed by atoms with Crippen molar-refractivity contribution in [3.63, 3.8) is 0 Å². The molecule has 1 N–H and O–H groups in total. The fourth-order valence-electron chi connectivity index (χ4n) is 1.82. The first-order valence-electron chi connectivity index (χ1n) is 6.87. The summed E-state index contributed by atoms with van der Waals surface area (Å²) in [6, 6.07) is 0. The summed E-state index contributed by atoms with van der Waals surface area (Å²) in [5.74, 6) is 0.291. The van der Waals surface area contributed by atoms with Crippen molar-refractivity contribution in [1.29, 1.82) is 0 Å². The normalized spacial score (nSPS) is 15.6. The van der Waals surface area contributed by atoms with Crippen molar-refractivity contribution in [3.8, 4) is 0 Å². The van der Waals surface area contributed by atoms with Gasteiger partial charge < -0.3 is 9.84 Å². The summed E-state index contributed by atoms with van der Waals surface area (Å²) in [4.78, 5) is 0. The van der Waals surface area contributed by atoms with Gasteiger partial charge in [0, 0.05) is 6.61 Å². The Morgan fingerprint density at radius 1 is 1.35 bits per heavy atom. The molecule has 0 fully saturated rings. The van der Waals surface area contributed by atoms with E-state index in [-0.39, 0.29) is 11.7 Å². The van der Waals surface area contributed by atoms with Crippen LogP contribution in [0.1, 0.15) is 59.8 Å². The van der Waals surface area contributed by atoms with E-state index in [0.717, 1.165) is 32.3 Å². The SMILES string of the molecule is C=CC(O)C(C)CCCC(C)(C)OCCCC. The van der Waals surface area contributed by atoms with E-state index in [2.05, 4.69) is 34.3 Å². The molecule has 0 aromatic heterocycles. The van der Waals surface area contributed by atoms with Crippen LogP contribution < -0.4 is 0 Å². The Bertz CT molecular complexity index is 199. The summed E-state index contributed by atoms with van der Waals surface area (Å²) in [6.45, 7) is 13.0. The third-order valence-electron chi connectivity index (χ3n) is 3.25. The number of aliphatic hydroxyl groups is 1. The Kier molecular flexibility index (Phi) is 8.53. The lowest BCUT2D eigenvalue weighted by Crippen LogP contribution is -2.25. The van der Waals surface area contributed by atoms with Gasteiger partial charge >= 0.3 is 0 Å². The zero-order valence-electron chi connectivity index (χ0n) is 12.0. The summed E-state index contributed by atoms with van der Waals surface area (Å²) in [5.41, 5.74) is -0.0337. The molecule has 17 heavy (non-hydrogen) atoms. The van der Waals surface area contributed by atoms with Crippen LogP contribution >= 0.6 is 0 Å². The highest BCUT2D eigenvalue weighted by Crippen LogP contribution is 2.21. The second-order valence-corrected chi connectivity index (χ2v) is 5.56. The van der Waals surface area contributed by atoms with Crippen molar-refractivity contribution in [2.75, 3.05) is 6.61 Å². The maximum absolute atomic E-state index is 9.58. The monoisotopic (exact) mass is 242 g/mol. The van der Waals surface area contributed by atoms with E-state index in [4.69, 9.17) is 4.74 Å². The van der Waals surface area contributed by atoms with Gasteiger partial charge in [0.25, 0.3) is 0 Å². The molecule has 2 atom stereocenters. The second kappa shape index (κ2) is 8.71. The molecule has 0 aliphatic rings. The Labute approximate surface area is 107 Å². The van der Waals surface area contributed by atoms with E-state index in [0.29, 0.717) is 5.92 Å². The predicted molar refractivity (Wildman–Crippen MR) is 74.2 cm³/mol. The van der Waals surface area contributed by atoms with Crippen molar-refractivity contribution in [2.45, 2.75) is 71.5 Å². The van der Waals surface area contributed by atoms with Crippen LogP contribution in [0, 0.1) is 5.92 Å². The van der Waals surface area contributed by atoms with Gasteiger partial charge in [0.1, 0.15) is 0 Å². The van der Waals surface area contributed by atoms with E-state index in [9.17, 15) is 5.11 Å². The molecule has 0 spiro atoms. The molecule has 0 radical (unpaired) electrons. The van der Waals surface area contributed by atoms with E-state index in [1.807, 2.05) is 0 Å². The van der Waals surface area contributed by atoms with Crippen molar-refractivity contribution in [2.24, 2.45) is 5.92 Å². The van der Waals surface area contributed by atoms with E-state index < -0.39 is 0 Å². The van der Waals surface area contributed by atoms with Crippen LogP contribution in [0.5, 0.6) is 0 Å². The summed E-state index contributed by atoms with van der Waals surface area (Å²) in [5, 5.41) is 9.58. The molecule has 0 saturated carbocycles. The lowest BCUT2D eigenvalue weighted by atomic mass is 9.93. The highest BCUT2D eigenvalue weighted by Gasteiger charge is 2.19. The van der Waals surface area contributed by atoms with Gasteiger partial charge in [-0.05, 0) is 39.0 Å². The van der Waals surface area contributed by atoms with E-state index >= 15 is 0 Å². The van der Waals surface area contributed by atoms with Crippen LogP contribution in [0.3, 0.4) is 0 Å². The van der Waals surface area contributed by atoms with E-state index in [1.165, 1.54) is 6.42 Å². The summed E-state index contributed by atoms with van der Waals surface area (Å²) < 4.78 is 5.86. The predicted octanol–water partition coefficient (Wildman–Crippen LogP) is 3.94. The average Bonchev–Trinajstić information content (AvgIpc) is 2.27. The minimum Gasteiger partial charge on any atom is -0.389 e. The molecule has 0 aliphatic carbocycles. The molecular weight excluding hydrogens is 212 g/mol. The number of unbranched alkanes of at least 4 members (excludes halogenated alkanes) is 1. The summed E-state index contributed by atoms with van der Waals surface area (Å²) in [6.07, 6.45) is 6.71. The minimum absolute atomic E-state index is 0.0337. The van der Waals surface area contributed by atoms with Crippen molar-refractivity contribution >= 4 is 0 Å². The molecule has 0 amide bonds. The lowest BCUT2D eigenvalue weighted by Gasteiger charge is -2.26. The first-order valence-corrected chi connectivity index (χ1v) is 6.87. The fourth-order valence-corrected chi connectivity index (χ4v) is 1.82. The van der Waals surface area contributed by atoms with Gasteiger partial charge in [-0.1, -0.05) is 32.8 Å². The third kappa shape index (κ3) is 8.39. The molecule has 0 heterocycles. The fraction of sp³-hybridized carbons (Fsp3) is 0.867. The van der Waals surface area contributed by atoms with Crippen LogP contribution in [0.4, 0.5) is 0 Å². The van der Waals surface area contributed by atoms with Gasteiger partial charge in [0.15, 0.2) is 0 Å². The zero-order chi connectivity index (χ0) is 13.3. The third-order valence-corrected chi connectivity index (χ3v) is 3.25. The Balaban J connectivity index is 3.74. The van der Waals surface area contributed by atoms with Crippen molar-refractivity contribution in [3.05, 3.63) is 12.7 Å². The molecule has 0 rings (SSSR count). The number of aliphatic hydroxyl groups excluding tert-OH is 1. The van der Waals surface area contributed by atoms with Gasteiger partial charge in [0.05, 0.1) is 11.7 Å². The highest BCUT2D eigenvalue weighted by molar-refractivity contribution is 4.82. The maximum Gasteiger partial charge on any atom is 0.0743 e. The first-order chi connectivity index (χ1) is 7.93. The average molecular weight is 242 g/mol. The first kappa shape index (κ1) is 16.7. The van der Waals surface area contributed by atoms with Crippen LogP contribution in [0.25, 0.3) is 0 Å². The molecule has 0 bridgehead atoms. The number of rotatable bonds is 10. The van der Waals surface area contributed by atoms with Gasteiger partial charge in [-0.25, -0.2) is 0 Å². The van der Waals surface area contributed by atoms with Gasteiger partial charge in [0.2, 0.25) is 0 Å². The van der Waals surface area contributed by atoms with E-state index in [1.54, 1.807) is 6.08 Å². The van der Waals surface area contributed by atoms with Crippen LogP contribution in [-0.2, 0) is 4.74 Å². The lowest BCUT2D eigenvalue weighted by molar-refractivity contribution is -0.0273. The van der Waals surface area contributed by atoms with Crippen LogP contribution in [0.2, 0.25) is 0 Å². The molecule has 102 valence electrons. The molecule has 0 aromatic carbocycles. The molecule has 0 saturated heterocycles. The van der Waals surface area contributed by atoms with Crippen molar-refractivity contribution < 1.29 is 9.84 Å². The van der Waals surface area contributed by atoms with Gasteiger partial charge in [-0.15, -0.1) is 6.58 Å². The van der Waals surface area contributed by atoms with Gasteiger partial charge in [-0.2, -0.15) is 0 Å². The molecule has 2 unspecified atom stereocenters.